The molecular formula is C10H20N2O3S. The summed E-state index contributed by atoms with van der Waals surface area (Å²) in [5, 5.41) is 2.79. The Morgan fingerprint density at radius 1 is 1.50 bits per heavy atom. The molecule has 1 rings (SSSR count). The molecule has 16 heavy (non-hydrogen) atoms. The van der Waals surface area contributed by atoms with E-state index >= 15 is 0 Å². The van der Waals surface area contributed by atoms with Crippen molar-refractivity contribution in [2.45, 2.75) is 24.8 Å². The number of nitrogens with one attached hydrogen (secondary N) is 1. The first-order chi connectivity index (χ1) is 7.54. The van der Waals surface area contributed by atoms with E-state index in [0.29, 0.717) is 38.4 Å². The van der Waals surface area contributed by atoms with Crippen molar-refractivity contribution in [3.8, 4) is 0 Å². The molecule has 1 heterocycles. The van der Waals surface area contributed by atoms with Crippen LogP contribution in [0.25, 0.3) is 0 Å². The van der Waals surface area contributed by atoms with Gasteiger partial charge in [0.25, 0.3) is 0 Å². The number of ether oxygens (including phenoxy) is 1. The van der Waals surface area contributed by atoms with Gasteiger partial charge in [-0.3, -0.25) is 9.00 Å². The van der Waals surface area contributed by atoms with Gasteiger partial charge in [-0.25, -0.2) is 0 Å². The molecule has 0 aliphatic carbocycles. The van der Waals surface area contributed by atoms with Crippen LogP contribution in [0, 0.1) is 0 Å². The molecule has 5 nitrogen and oxygen atoms in total. The number of amides is 1. The zero-order chi connectivity index (χ0) is 12.0. The maximum Gasteiger partial charge on any atom is 0.240 e. The van der Waals surface area contributed by atoms with Crippen molar-refractivity contribution >= 4 is 16.7 Å². The Labute approximate surface area is 98.6 Å². The molecule has 1 amide bonds. The molecule has 6 heteroatoms. The van der Waals surface area contributed by atoms with E-state index in [0.717, 1.165) is 6.42 Å². The van der Waals surface area contributed by atoms with Crippen molar-refractivity contribution < 1.29 is 13.7 Å². The summed E-state index contributed by atoms with van der Waals surface area (Å²) in [6, 6.07) is 0. The number of nitrogens with two attached hydrogens (primary N) is 1. The van der Waals surface area contributed by atoms with Gasteiger partial charge < -0.3 is 15.8 Å². The van der Waals surface area contributed by atoms with Gasteiger partial charge in [-0.1, -0.05) is 0 Å². The Morgan fingerprint density at radius 2 is 2.12 bits per heavy atom. The zero-order valence-corrected chi connectivity index (χ0v) is 10.5. The molecule has 0 radical (unpaired) electrons. The third-order valence-corrected chi connectivity index (χ3v) is 3.59. The molecule has 1 saturated heterocycles. The Balaban J connectivity index is 2.25. The fourth-order valence-corrected chi connectivity index (χ4v) is 2.17. The lowest BCUT2D eigenvalue weighted by molar-refractivity contribution is -0.129. The topological polar surface area (TPSA) is 81.4 Å². The first-order valence-electron chi connectivity index (χ1n) is 5.49. The van der Waals surface area contributed by atoms with Crippen LogP contribution in [0.15, 0.2) is 0 Å². The average molecular weight is 248 g/mol. The number of carbonyl (C=O) groups is 1. The van der Waals surface area contributed by atoms with Crippen molar-refractivity contribution in [1.29, 1.82) is 0 Å². The lowest BCUT2D eigenvalue weighted by Gasteiger charge is -2.31. The lowest BCUT2D eigenvalue weighted by atomic mass is 9.90. The van der Waals surface area contributed by atoms with E-state index in [2.05, 4.69) is 5.32 Å². The highest BCUT2D eigenvalue weighted by molar-refractivity contribution is 7.84. The summed E-state index contributed by atoms with van der Waals surface area (Å²) in [4.78, 5) is 11.8. The third-order valence-electron chi connectivity index (χ3n) is 2.73. The molecule has 1 aliphatic rings. The van der Waals surface area contributed by atoms with E-state index in [4.69, 9.17) is 10.5 Å². The molecule has 0 aromatic heterocycles. The first kappa shape index (κ1) is 13.6. The second-order valence-electron chi connectivity index (χ2n) is 4.16. The van der Waals surface area contributed by atoms with Crippen LogP contribution in [0.4, 0.5) is 0 Å². The number of hydrogen-bond acceptors (Lipinski definition) is 4. The van der Waals surface area contributed by atoms with Crippen LogP contribution >= 0.6 is 0 Å². The van der Waals surface area contributed by atoms with Gasteiger partial charge >= 0.3 is 0 Å². The van der Waals surface area contributed by atoms with Gasteiger partial charge in [0.2, 0.25) is 5.91 Å². The van der Waals surface area contributed by atoms with Crippen LogP contribution in [0.5, 0.6) is 0 Å². The summed E-state index contributed by atoms with van der Waals surface area (Å²) in [6.07, 6.45) is 3.52. The van der Waals surface area contributed by atoms with Crippen LogP contribution in [0.3, 0.4) is 0 Å². The molecule has 94 valence electrons. The maximum atomic E-state index is 11.8. The zero-order valence-electron chi connectivity index (χ0n) is 9.66. The predicted molar refractivity (Wildman–Crippen MR) is 63.5 cm³/mol. The Morgan fingerprint density at radius 3 is 2.69 bits per heavy atom. The van der Waals surface area contributed by atoms with Gasteiger partial charge in [0.05, 0.1) is 5.54 Å². The minimum atomic E-state index is -0.798. The van der Waals surface area contributed by atoms with Gasteiger partial charge in [0.15, 0.2) is 0 Å². The standard InChI is InChI=1S/C10H20N2O3S/c1-16(14)8-2-5-12-9(13)10(11)3-6-15-7-4-10/h2-8,11H2,1H3,(H,12,13). The summed E-state index contributed by atoms with van der Waals surface area (Å²) in [5.41, 5.74) is 5.22. The normalized spacial score (nSPS) is 21.4. The summed E-state index contributed by atoms with van der Waals surface area (Å²) in [5.74, 6) is 0.499. The highest BCUT2D eigenvalue weighted by atomic mass is 32.2. The van der Waals surface area contributed by atoms with E-state index in [9.17, 15) is 9.00 Å². The number of carbonyl (C=O) groups excluding carboxylic acids is 1. The van der Waals surface area contributed by atoms with Gasteiger partial charge in [-0.2, -0.15) is 0 Å². The second kappa shape index (κ2) is 6.32. The number of rotatable bonds is 5. The fraction of sp³-hybridized carbons (Fsp3) is 0.900. The quantitative estimate of drug-likeness (QED) is 0.635. The molecule has 0 bridgehead atoms. The summed E-state index contributed by atoms with van der Waals surface area (Å²) in [7, 11) is -0.798. The molecule has 0 spiro atoms. The highest BCUT2D eigenvalue weighted by Gasteiger charge is 2.35. The Kier molecular flexibility index (Phi) is 5.37. The van der Waals surface area contributed by atoms with Crippen molar-refractivity contribution in [2.75, 3.05) is 31.8 Å². The van der Waals surface area contributed by atoms with Crippen molar-refractivity contribution in [1.82, 2.24) is 5.32 Å². The second-order valence-corrected chi connectivity index (χ2v) is 5.71. The predicted octanol–water partition coefficient (Wildman–Crippen LogP) is -0.621. The summed E-state index contributed by atoms with van der Waals surface area (Å²) >= 11 is 0. The largest absolute Gasteiger partial charge is 0.381 e. The average Bonchev–Trinajstić information content (AvgIpc) is 2.25. The van der Waals surface area contributed by atoms with Gasteiger partial charge in [-0.15, -0.1) is 0 Å². The smallest absolute Gasteiger partial charge is 0.240 e. The highest BCUT2D eigenvalue weighted by Crippen LogP contribution is 2.17. The molecule has 0 aromatic rings. The van der Waals surface area contributed by atoms with E-state index in [1.54, 1.807) is 6.26 Å². The Bertz CT molecular complexity index is 265. The molecule has 0 saturated carbocycles. The molecule has 1 atom stereocenters. The maximum absolute atomic E-state index is 11.8. The molecule has 1 unspecified atom stereocenters. The molecule has 1 aliphatic heterocycles. The van der Waals surface area contributed by atoms with E-state index in [1.807, 2.05) is 0 Å². The lowest BCUT2D eigenvalue weighted by Crippen LogP contribution is -2.57. The minimum absolute atomic E-state index is 0.113. The molecular weight excluding hydrogens is 228 g/mol. The first-order valence-corrected chi connectivity index (χ1v) is 7.22. The molecule has 3 N–H and O–H groups in total. The minimum Gasteiger partial charge on any atom is -0.381 e. The summed E-state index contributed by atoms with van der Waals surface area (Å²) < 4.78 is 16.0. The van der Waals surface area contributed by atoms with Crippen molar-refractivity contribution in [3.63, 3.8) is 0 Å². The van der Waals surface area contributed by atoms with E-state index in [1.165, 1.54) is 0 Å². The molecule has 1 fully saturated rings. The van der Waals surface area contributed by atoms with Crippen molar-refractivity contribution in [3.05, 3.63) is 0 Å². The van der Waals surface area contributed by atoms with Gasteiger partial charge in [0, 0.05) is 42.6 Å². The monoisotopic (exact) mass is 248 g/mol. The van der Waals surface area contributed by atoms with Gasteiger partial charge in [0.1, 0.15) is 0 Å². The van der Waals surface area contributed by atoms with E-state index < -0.39 is 16.3 Å². The van der Waals surface area contributed by atoms with Gasteiger partial charge in [-0.05, 0) is 19.3 Å². The summed E-state index contributed by atoms with van der Waals surface area (Å²) in [6.45, 7) is 1.63. The van der Waals surface area contributed by atoms with Crippen LogP contribution < -0.4 is 11.1 Å². The van der Waals surface area contributed by atoms with E-state index in [-0.39, 0.29) is 5.91 Å². The van der Waals surface area contributed by atoms with Crippen molar-refractivity contribution in [2.24, 2.45) is 5.73 Å². The third kappa shape index (κ3) is 4.19. The van der Waals surface area contributed by atoms with Crippen LogP contribution in [0.1, 0.15) is 19.3 Å². The fourth-order valence-electron chi connectivity index (χ4n) is 1.62. The van der Waals surface area contributed by atoms with Crippen LogP contribution in [-0.2, 0) is 20.3 Å². The van der Waals surface area contributed by atoms with Crippen LogP contribution in [-0.4, -0.2) is 47.4 Å². The molecule has 0 aromatic carbocycles. The Hall–Kier alpha value is -0.460. The SMILES string of the molecule is CS(=O)CCCNC(=O)C1(N)CCOCC1. The number of hydrogen-bond donors (Lipinski definition) is 2. The van der Waals surface area contributed by atoms with Crippen LogP contribution in [0.2, 0.25) is 0 Å².